The molecule has 17 heavy (non-hydrogen) atoms. The van der Waals surface area contributed by atoms with Crippen LogP contribution in [-0.4, -0.2) is 34.7 Å². The minimum absolute atomic E-state index is 0.0871. The number of carbonyl (C=O) groups is 1. The summed E-state index contributed by atoms with van der Waals surface area (Å²) in [5.41, 5.74) is -1.05. The van der Waals surface area contributed by atoms with Gasteiger partial charge in [0, 0.05) is 26.2 Å². The highest BCUT2D eigenvalue weighted by molar-refractivity contribution is 5.95. The van der Waals surface area contributed by atoms with Gasteiger partial charge in [0.25, 0.3) is 17.3 Å². The Labute approximate surface area is 95.8 Å². The molecule has 0 atom stereocenters. The van der Waals surface area contributed by atoms with Gasteiger partial charge in [-0.15, -0.1) is 0 Å². The highest BCUT2D eigenvalue weighted by Crippen LogP contribution is 2.23. The molecule has 0 aliphatic carbocycles. The number of non-ortho nitro benzene ring substituents is 2. The Kier molecular flexibility index (Phi) is 3.37. The number of nitro groups is 2. The molecule has 8 nitrogen and oxygen atoms in total. The topological polar surface area (TPSA) is 107 Å². The van der Waals surface area contributed by atoms with E-state index >= 15 is 0 Å². The number of benzene rings is 1. The summed E-state index contributed by atoms with van der Waals surface area (Å²) < 4.78 is 0. The van der Waals surface area contributed by atoms with Crippen LogP contribution in [0.25, 0.3) is 0 Å². The Bertz CT molecular complexity index is 465. The first-order valence-electron chi connectivity index (χ1n) is 4.48. The fourth-order valence-corrected chi connectivity index (χ4v) is 1.19. The van der Waals surface area contributed by atoms with E-state index in [1.165, 1.54) is 19.0 Å². The lowest BCUT2D eigenvalue weighted by molar-refractivity contribution is -0.394. The monoisotopic (exact) mass is 239 g/mol. The van der Waals surface area contributed by atoms with Crippen LogP contribution in [0.1, 0.15) is 10.4 Å². The highest BCUT2D eigenvalue weighted by atomic mass is 16.6. The molecule has 0 saturated carbocycles. The summed E-state index contributed by atoms with van der Waals surface area (Å²) in [6.45, 7) is 0. The van der Waals surface area contributed by atoms with Crippen LogP contribution in [0.3, 0.4) is 0 Å². The van der Waals surface area contributed by atoms with Crippen LogP contribution < -0.4 is 0 Å². The van der Waals surface area contributed by atoms with Gasteiger partial charge in [-0.2, -0.15) is 0 Å². The van der Waals surface area contributed by atoms with Crippen molar-refractivity contribution in [3.05, 3.63) is 44.0 Å². The zero-order valence-corrected chi connectivity index (χ0v) is 9.11. The molecule has 0 saturated heterocycles. The van der Waals surface area contributed by atoms with Gasteiger partial charge in [-0.25, -0.2) is 0 Å². The minimum Gasteiger partial charge on any atom is -0.345 e. The number of nitrogens with zero attached hydrogens (tertiary/aromatic N) is 3. The Morgan fingerprint density at radius 3 is 1.76 bits per heavy atom. The maximum absolute atomic E-state index is 11.6. The van der Waals surface area contributed by atoms with Gasteiger partial charge in [0.2, 0.25) is 0 Å². The molecule has 0 fully saturated rings. The smallest absolute Gasteiger partial charge is 0.277 e. The Hall–Kier alpha value is -2.51. The number of hydrogen-bond donors (Lipinski definition) is 0. The molecule has 0 spiro atoms. The first-order chi connectivity index (χ1) is 7.82. The molecule has 0 N–H and O–H groups in total. The molecule has 0 radical (unpaired) electrons. The van der Waals surface area contributed by atoms with Crippen LogP contribution in [0, 0.1) is 20.2 Å². The molecule has 1 aromatic carbocycles. The molecule has 1 rings (SSSR count). The second kappa shape index (κ2) is 4.56. The van der Waals surface area contributed by atoms with E-state index in [1.54, 1.807) is 0 Å². The quantitative estimate of drug-likeness (QED) is 0.581. The lowest BCUT2D eigenvalue weighted by Crippen LogP contribution is -2.21. The van der Waals surface area contributed by atoms with Gasteiger partial charge in [-0.3, -0.25) is 25.0 Å². The first kappa shape index (κ1) is 12.6. The summed E-state index contributed by atoms with van der Waals surface area (Å²) in [6.07, 6.45) is 0. The SMILES string of the molecule is CN(C)C(=O)c1cc([N+](=O)[O-])cc([N+](=O)[O-])c1. The number of rotatable bonds is 3. The fourth-order valence-electron chi connectivity index (χ4n) is 1.19. The normalized spacial score (nSPS) is 9.76. The Balaban J connectivity index is 3.36. The standard InChI is InChI=1S/C9H9N3O5/c1-10(2)9(13)6-3-7(11(14)15)5-8(4-6)12(16)17/h3-5H,1-2H3. The van der Waals surface area contributed by atoms with Gasteiger partial charge in [0.15, 0.2) is 0 Å². The molecule has 0 unspecified atom stereocenters. The third kappa shape index (κ3) is 2.74. The lowest BCUT2D eigenvalue weighted by Gasteiger charge is -2.09. The van der Waals surface area contributed by atoms with Crippen molar-refractivity contribution in [2.45, 2.75) is 0 Å². The molecule has 0 aliphatic rings. The van der Waals surface area contributed by atoms with Gasteiger partial charge in [-0.05, 0) is 0 Å². The fraction of sp³-hybridized carbons (Fsp3) is 0.222. The number of amides is 1. The van der Waals surface area contributed by atoms with Gasteiger partial charge < -0.3 is 4.90 Å². The predicted octanol–water partition coefficient (Wildman–Crippen LogP) is 1.20. The number of hydrogen-bond acceptors (Lipinski definition) is 5. The van der Waals surface area contributed by atoms with E-state index in [1.807, 2.05) is 0 Å². The van der Waals surface area contributed by atoms with Crippen molar-refractivity contribution < 1.29 is 14.6 Å². The van der Waals surface area contributed by atoms with E-state index < -0.39 is 27.1 Å². The molecule has 90 valence electrons. The van der Waals surface area contributed by atoms with Crippen molar-refractivity contribution in [2.75, 3.05) is 14.1 Å². The van der Waals surface area contributed by atoms with E-state index in [9.17, 15) is 25.0 Å². The van der Waals surface area contributed by atoms with Crippen LogP contribution >= 0.6 is 0 Å². The number of nitro benzene ring substituents is 2. The van der Waals surface area contributed by atoms with Crippen LogP contribution in [0.5, 0.6) is 0 Å². The van der Waals surface area contributed by atoms with Gasteiger partial charge >= 0.3 is 0 Å². The lowest BCUT2D eigenvalue weighted by atomic mass is 10.1. The van der Waals surface area contributed by atoms with Crippen molar-refractivity contribution in [1.82, 2.24) is 4.90 Å². The molecule has 0 bridgehead atoms. The van der Waals surface area contributed by atoms with Gasteiger partial charge in [-0.1, -0.05) is 0 Å². The Morgan fingerprint density at radius 1 is 1.06 bits per heavy atom. The second-order valence-electron chi connectivity index (χ2n) is 3.45. The van der Waals surface area contributed by atoms with E-state index in [0.717, 1.165) is 18.2 Å². The molecule has 0 aliphatic heterocycles. The highest BCUT2D eigenvalue weighted by Gasteiger charge is 2.20. The zero-order valence-electron chi connectivity index (χ0n) is 9.11. The summed E-state index contributed by atoms with van der Waals surface area (Å²) in [4.78, 5) is 32.4. The predicted molar refractivity (Wildman–Crippen MR) is 57.8 cm³/mol. The van der Waals surface area contributed by atoms with E-state index in [0.29, 0.717) is 0 Å². The molecule has 1 aromatic rings. The largest absolute Gasteiger partial charge is 0.345 e. The molecule has 8 heteroatoms. The van der Waals surface area contributed by atoms with Crippen LogP contribution in [0.4, 0.5) is 11.4 Å². The molecule has 0 aromatic heterocycles. The average Bonchev–Trinajstić information content (AvgIpc) is 2.27. The summed E-state index contributed by atoms with van der Waals surface area (Å²) in [6, 6.07) is 2.83. The van der Waals surface area contributed by atoms with Crippen LogP contribution in [0.15, 0.2) is 18.2 Å². The van der Waals surface area contributed by atoms with Crippen molar-refractivity contribution >= 4 is 17.3 Å². The Morgan fingerprint density at radius 2 is 1.47 bits per heavy atom. The first-order valence-corrected chi connectivity index (χ1v) is 4.48. The van der Waals surface area contributed by atoms with E-state index in [4.69, 9.17) is 0 Å². The van der Waals surface area contributed by atoms with Crippen molar-refractivity contribution in [3.63, 3.8) is 0 Å². The minimum atomic E-state index is -0.778. The molecular formula is C9H9N3O5. The van der Waals surface area contributed by atoms with Crippen LogP contribution in [-0.2, 0) is 0 Å². The summed E-state index contributed by atoms with van der Waals surface area (Å²) >= 11 is 0. The maximum atomic E-state index is 11.6. The van der Waals surface area contributed by atoms with E-state index in [-0.39, 0.29) is 5.56 Å². The molecular weight excluding hydrogens is 230 g/mol. The summed E-state index contributed by atoms with van der Waals surface area (Å²) in [5.74, 6) is -0.531. The molecule has 1 amide bonds. The molecule has 0 heterocycles. The third-order valence-corrected chi connectivity index (χ3v) is 1.98. The van der Waals surface area contributed by atoms with E-state index in [2.05, 4.69) is 0 Å². The van der Waals surface area contributed by atoms with Crippen molar-refractivity contribution in [3.8, 4) is 0 Å². The van der Waals surface area contributed by atoms with Crippen molar-refractivity contribution in [1.29, 1.82) is 0 Å². The van der Waals surface area contributed by atoms with Gasteiger partial charge in [0.05, 0.1) is 21.5 Å². The average molecular weight is 239 g/mol. The maximum Gasteiger partial charge on any atom is 0.277 e. The zero-order chi connectivity index (χ0) is 13.2. The van der Waals surface area contributed by atoms with Gasteiger partial charge in [0.1, 0.15) is 0 Å². The second-order valence-corrected chi connectivity index (χ2v) is 3.45. The third-order valence-electron chi connectivity index (χ3n) is 1.98. The summed E-state index contributed by atoms with van der Waals surface area (Å²) in [5, 5.41) is 21.2. The summed E-state index contributed by atoms with van der Waals surface area (Å²) in [7, 11) is 2.90. The number of carbonyl (C=O) groups excluding carboxylic acids is 1. The van der Waals surface area contributed by atoms with Crippen molar-refractivity contribution in [2.24, 2.45) is 0 Å². The van der Waals surface area contributed by atoms with Crippen LogP contribution in [0.2, 0.25) is 0 Å².